The Hall–Kier alpha value is -2.11. The summed E-state index contributed by atoms with van der Waals surface area (Å²) >= 11 is 10.7. The van der Waals surface area contributed by atoms with Crippen LogP contribution in [0.3, 0.4) is 0 Å². The fourth-order valence-electron chi connectivity index (χ4n) is 3.78. The third-order valence-corrected chi connectivity index (χ3v) is 8.43. The fourth-order valence-corrected chi connectivity index (χ4v) is 5.34. The van der Waals surface area contributed by atoms with Crippen LogP contribution in [-0.4, -0.2) is 22.5 Å². The van der Waals surface area contributed by atoms with Gasteiger partial charge in [-0.25, -0.2) is 4.98 Å². The van der Waals surface area contributed by atoms with Crippen molar-refractivity contribution in [2.24, 2.45) is 0 Å². The molecule has 2 aromatic carbocycles. The lowest BCUT2D eigenvalue weighted by Gasteiger charge is -2.31. The van der Waals surface area contributed by atoms with E-state index in [4.69, 9.17) is 16.3 Å². The number of pyridine rings is 1. The molecule has 5 nitrogen and oxygen atoms in total. The Bertz CT molecular complexity index is 1360. The van der Waals surface area contributed by atoms with Crippen molar-refractivity contribution >= 4 is 62.7 Å². The number of aromatic nitrogens is 1. The summed E-state index contributed by atoms with van der Waals surface area (Å²) in [6, 6.07) is 14.8. The lowest BCUT2D eigenvalue weighted by Crippen LogP contribution is -2.51. The Balaban J connectivity index is 1.85. The van der Waals surface area contributed by atoms with Crippen LogP contribution < -0.4 is 10.1 Å². The summed E-state index contributed by atoms with van der Waals surface area (Å²) in [6.07, 6.45) is -3.30. The number of nitrogens with zero attached hydrogens (tertiary/aromatic N) is 2. The van der Waals surface area contributed by atoms with Crippen LogP contribution in [0.4, 0.5) is 13.2 Å². The Kier molecular flexibility index (Phi) is 9.92. The van der Waals surface area contributed by atoms with Crippen molar-refractivity contribution in [3.8, 4) is 11.9 Å². The molecule has 0 aliphatic heterocycles. The zero-order chi connectivity index (χ0) is 28.3. The second-order valence-corrected chi connectivity index (χ2v) is 11.9. The van der Waals surface area contributed by atoms with Crippen molar-refractivity contribution in [2.45, 2.75) is 50.9 Å². The molecule has 38 heavy (non-hydrogen) atoms. The lowest BCUT2D eigenvalue weighted by atomic mass is 9.85. The minimum atomic E-state index is -4.52. The van der Waals surface area contributed by atoms with E-state index in [9.17, 15) is 23.2 Å². The van der Waals surface area contributed by atoms with Crippen molar-refractivity contribution in [1.82, 2.24) is 10.3 Å². The van der Waals surface area contributed by atoms with Crippen molar-refractivity contribution in [2.75, 3.05) is 0 Å². The second kappa shape index (κ2) is 12.4. The maximum Gasteiger partial charge on any atom is 0.417 e. The van der Waals surface area contributed by atoms with E-state index >= 15 is 0 Å². The first-order chi connectivity index (χ1) is 17.7. The molecule has 3 rings (SSSR count). The number of halogens is 6. The number of nitrogens with one attached hydrogen (secondary N) is 1. The number of rotatable bonds is 8. The molecule has 1 aromatic heterocycles. The highest BCUT2D eigenvalue weighted by atomic mass is 127. The van der Waals surface area contributed by atoms with Gasteiger partial charge < -0.3 is 10.1 Å². The molecule has 0 aliphatic carbocycles. The van der Waals surface area contributed by atoms with Crippen molar-refractivity contribution in [3.05, 3.63) is 89.1 Å². The molecule has 0 unspecified atom stereocenters. The number of hydrogen-bond acceptors (Lipinski definition) is 4. The van der Waals surface area contributed by atoms with Crippen LogP contribution in [0.1, 0.15) is 48.9 Å². The van der Waals surface area contributed by atoms with E-state index in [1.165, 1.54) is 13.8 Å². The first-order valence-electron chi connectivity index (χ1n) is 11.4. The average Bonchev–Trinajstić information content (AvgIpc) is 2.84. The number of benzene rings is 2. The molecule has 0 spiro atoms. The summed E-state index contributed by atoms with van der Waals surface area (Å²) in [5.41, 5.74) is 0.0839. The zero-order valence-corrected chi connectivity index (χ0v) is 25.6. The van der Waals surface area contributed by atoms with E-state index in [-0.39, 0.29) is 11.8 Å². The van der Waals surface area contributed by atoms with Gasteiger partial charge in [0.2, 0.25) is 5.88 Å². The van der Waals surface area contributed by atoms with Gasteiger partial charge in [0.25, 0.3) is 5.91 Å². The third kappa shape index (κ3) is 7.72. The van der Waals surface area contributed by atoms with Crippen molar-refractivity contribution in [1.29, 1.82) is 5.26 Å². The van der Waals surface area contributed by atoms with Crippen molar-refractivity contribution in [3.63, 3.8) is 0 Å². The smallest absolute Gasteiger partial charge is 0.417 e. The first kappa shape index (κ1) is 30.4. The molecule has 0 saturated carbocycles. The fraction of sp³-hybridized carbons (Fsp3) is 0.296. The molecule has 1 amide bonds. The van der Waals surface area contributed by atoms with Gasteiger partial charge >= 0.3 is 6.18 Å². The summed E-state index contributed by atoms with van der Waals surface area (Å²) in [5, 5.41) is 13.1. The molecule has 11 heteroatoms. The topological polar surface area (TPSA) is 75.0 Å². The summed E-state index contributed by atoms with van der Waals surface area (Å²) in [5.74, 6) is -0.777. The molecule has 1 heterocycles. The maximum absolute atomic E-state index is 13.3. The van der Waals surface area contributed by atoms with E-state index in [1.807, 2.05) is 25.1 Å². The number of ether oxygens (including phenoxy) is 1. The molecule has 0 bridgehead atoms. The molecule has 2 atom stereocenters. The molecule has 0 aliphatic rings. The predicted molar refractivity (Wildman–Crippen MR) is 156 cm³/mol. The quantitative estimate of drug-likeness (QED) is 0.190. The normalized spacial score (nSPS) is 13.4. The third-order valence-electron chi connectivity index (χ3n) is 5.91. The predicted octanol–water partition coefficient (Wildman–Crippen LogP) is 7.52. The Morgan fingerprint density at radius 3 is 2.47 bits per heavy atom. The first-order valence-corrected chi connectivity index (χ1v) is 13.9. The number of nitriles is 1. The zero-order valence-electron chi connectivity index (χ0n) is 20.5. The van der Waals surface area contributed by atoms with Gasteiger partial charge in [-0.3, -0.25) is 4.79 Å². The molecule has 0 saturated heterocycles. The minimum absolute atomic E-state index is 0.102. The molecular formula is C27H23ClF3I2N3O2. The van der Waals surface area contributed by atoms with Crippen molar-refractivity contribution < 1.29 is 22.7 Å². The molecule has 0 radical (unpaired) electrons. The van der Waals surface area contributed by atoms with E-state index in [1.54, 1.807) is 18.2 Å². The number of hydrogen-bond donors (Lipinski definition) is 1. The molecule has 0 fully saturated rings. The van der Waals surface area contributed by atoms with Gasteiger partial charge in [-0.15, -0.1) is 0 Å². The van der Waals surface area contributed by atoms with Gasteiger partial charge in [0.15, 0.2) is 5.60 Å². The standard InChI is InChI=1S/C27H23ClF3I2N3O2/c1-15(36-25(37)26(2,3)38-24-8-7-19(14-35-24)27(29,30)31)20(17-6-4-5-16(9-17)13-34)10-18-11-23(33)21(28)12-22(18)32/h4-9,11-12,14-15,20H,10H2,1-3H3,(H,36,37)/t15-,20+/m0/s1. The van der Waals surface area contributed by atoms with Gasteiger partial charge in [0, 0.05) is 31.4 Å². The average molecular weight is 768 g/mol. The largest absolute Gasteiger partial charge is 0.462 e. The van der Waals surface area contributed by atoms with E-state index < -0.39 is 29.3 Å². The SMILES string of the molecule is C[C@H](NC(=O)C(C)(C)Oc1ccc(C(F)(F)F)cn1)[C@@H](Cc1cc(I)c(Cl)cc1I)c1cccc(C#N)c1. The van der Waals surface area contributed by atoms with Crippen LogP contribution >= 0.6 is 56.8 Å². The van der Waals surface area contributed by atoms with Crippen LogP contribution in [0, 0.1) is 18.5 Å². The lowest BCUT2D eigenvalue weighted by molar-refractivity contribution is -0.138. The minimum Gasteiger partial charge on any atom is -0.462 e. The summed E-state index contributed by atoms with van der Waals surface area (Å²) < 4.78 is 46.1. The highest BCUT2D eigenvalue weighted by Gasteiger charge is 2.35. The van der Waals surface area contributed by atoms with Crippen LogP contribution in [0.15, 0.2) is 54.7 Å². The van der Waals surface area contributed by atoms with Gasteiger partial charge in [-0.05, 0) is 114 Å². The number of alkyl halides is 3. The summed E-state index contributed by atoms with van der Waals surface area (Å²) in [6.45, 7) is 4.90. The van der Waals surface area contributed by atoms with Crippen LogP contribution in [0.25, 0.3) is 0 Å². The van der Waals surface area contributed by atoms with Gasteiger partial charge in [0.05, 0.1) is 22.2 Å². The van der Waals surface area contributed by atoms with Crippen LogP contribution in [0.2, 0.25) is 5.02 Å². The summed E-state index contributed by atoms with van der Waals surface area (Å²) in [7, 11) is 0. The highest BCUT2D eigenvalue weighted by Crippen LogP contribution is 2.32. The Morgan fingerprint density at radius 2 is 1.87 bits per heavy atom. The van der Waals surface area contributed by atoms with Crippen LogP contribution in [-0.2, 0) is 17.4 Å². The monoisotopic (exact) mass is 767 g/mol. The maximum atomic E-state index is 13.3. The number of carbonyl (C=O) groups is 1. The summed E-state index contributed by atoms with van der Waals surface area (Å²) in [4.78, 5) is 17.0. The van der Waals surface area contributed by atoms with Gasteiger partial charge in [-0.2, -0.15) is 18.4 Å². The highest BCUT2D eigenvalue weighted by molar-refractivity contribution is 14.1. The van der Waals surface area contributed by atoms with E-state index in [2.05, 4.69) is 61.6 Å². The van der Waals surface area contributed by atoms with Gasteiger partial charge in [-0.1, -0.05) is 23.7 Å². The Labute approximate surface area is 251 Å². The molecule has 1 N–H and O–H groups in total. The van der Waals surface area contributed by atoms with Crippen LogP contribution in [0.5, 0.6) is 5.88 Å². The second-order valence-electron chi connectivity index (χ2n) is 9.16. The van der Waals surface area contributed by atoms with Gasteiger partial charge in [0.1, 0.15) is 0 Å². The molecule has 200 valence electrons. The number of carbonyl (C=O) groups excluding carboxylic acids is 1. The van der Waals surface area contributed by atoms with E-state index in [0.717, 1.165) is 30.4 Å². The molecule has 3 aromatic rings. The van der Waals surface area contributed by atoms with E-state index in [0.29, 0.717) is 23.2 Å². The Morgan fingerprint density at radius 1 is 1.16 bits per heavy atom. The molecular weight excluding hydrogens is 745 g/mol. The number of amides is 1.